The van der Waals surface area contributed by atoms with Crippen LogP contribution in [0.15, 0.2) is 5.16 Å². The molecule has 0 bridgehead atoms. The molecule has 0 atom stereocenters. The predicted molar refractivity (Wildman–Crippen MR) is 64.5 cm³/mol. The van der Waals surface area contributed by atoms with Crippen LogP contribution in [-0.4, -0.2) is 31.7 Å². The standard InChI is InChI=1S/C9H16N4S2/c14-6-3-7-15-9-10-11-12-13(9)8-4-1-2-5-8/h8,14H,1-7H2. The SMILES string of the molecule is SCCCSc1nnnn1C1CCCC1. The molecule has 1 heterocycles. The summed E-state index contributed by atoms with van der Waals surface area (Å²) in [6.07, 6.45) is 6.18. The van der Waals surface area contributed by atoms with Gasteiger partial charge in [-0.25, -0.2) is 4.68 Å². The second kappa shape index (κ2) is 5.75. The quantitative estimate of drug-likeness (QED) is 0.490. The maximum atomic E-state index is 4.19. The number of nitrogens with zero attached hydrogens (tertiary/aromatic N) is 4. The third kappa shape index (κ3) is 2.87. The van der Waals surface area contributed by atoms with E-state index in [-0.39, 0.29) is 0 Å². The average molecular weight is 244 g/mol. The van der Waals surface area contributed by atoms with E-state index in [0.29, 0.717) is 6.04 Å². The molecule has 1 fully saturated rings. The van der Waals surface area contributed by atoms with E-state index in [1.165, 1.54) is 25.7 Å². The van der Waals surface area contributed by atoms with Gasteiger partial charge in [0.15, 0.2) is 0 Å². The van der Waals surface area contributed by atoms with Crippen LogP contribution in [0.3, 0.4) is 0 Å². The average Bonchev–Trinajstić information content (AvgIpc) is 2.87. The smallest absolute Gasteiger partial charge is 0.209 e. The molecule has 1 aromatic rings. The van der Waals surface area contributed by atoms with Crippen molar-refractivity contribution >= 4 is 24.4 Å². The summed E-state index contributed by atoms with van der Waals surface area (Å²) in [7, 11) is 0. The van der Waals surface area contributed by atoms with Gasteiger partial charge in [-0.2, -0.15) is 12.6 Å². The zero-order valence-corrected chi connectivity index (χ0v) is 10.4. The molecule has 1 saturated carbocycles. The van der Waals surface area contributed by atoms with Gasteiger partial charge in [0.25, 0.3) is 0 Å². The van der Waals surface area contributed by atoms with Crippen molar-refractivity contribution in [1.82, 2.24) is 20.2 Å². The van der Waals surface area contributed by atoms with Gasteiger partial charge in [0.1, 0.15) is 0 Å². The molecule has 0 aliphatic heterocycles. The molecule has 0 amide bonds. The Balaban J connectivity index is 1.95. The molecule has 15 heavy (non-hydrogen) atoms. The van der Waals surface area contributed by atoms with Crippen molar-refractivity contribution in [1.29, 1.82) is 0 Å². The van der Waals surface area contributed by atoms with E-state index in [0.717, 1.165) is 23.1 Å². The second-order valence-corrected chi connectivity index (χ2v) is 5.28. The first kappa shape index (κ1) is 11.3. The predicted octanol–water partition coefficient (Wildman–Crippen LogP) is 2.20. The summed E-state index contributed by atoms with van der Waals surface area (Å²) in [4.78, 5) is 0. The van der Waals surface area contributed by atoms with Gasteiger partial charge in [-0.15, -0.1) is 5.10 Å². The number of aromatic nitrogens is 4. The highest BCUT2D eigenvalue weighted by atomic mass is 32.2. The summed E-state index contributed by atoms with van der Waals surface area (Å²) in [5.74, 6) is 1.98. The fourth-order valence-corrected chi connectivity index (χ4v) is 3.14. The molecule has 6 heteroatoms. The Labute approximate surface area is 99.6 Å². The first-order valence-corrected chi connectivity index (χ1v) is 7.05. The maximum Gasteiger partial charge on any atom is 0.209 e. The topological polar surface area (TPSA) is 43.6 Å². The van der Waals surface area contributed by atoms with E-state index >= 15 is 0 Å². The summed E-state index contributed by atoms with van der Waals surface area (Å²) in [6, 6.07) is 0.540. The molecular formula is C9H16N4S2. The molecule has 2 rings (SSSR count). The highest BCUT2D eigenvalue weighted by Gasteiger charge is 2.21. The fraction of sp³-hybridized carbons (Fsp3) is 0.889. The van der Waals surface area contributed by atoms with Gasteiger partial charge in [-0.3, -0.25) is 0 Å². The summed E-state index contributed by atoms with van der Waals surface area (Å²) in [5.41, 5.74) is 0. The third-order valence-electron chi connectivity index (χ3n) is 2.67. The summed E-state index contributed by atoms with van der Waals surface area (Å²) in [6.45, 7) is 0. The van der Waals surface area contributed by atoms with Gasteiger partial charge in [-0.1, -0.05) is 24.6 Å². The number of rotatable bonds is 5. The van der Waals surface area contributed by atoms with Crippen LogP contribution in [0.2, 0.25) is 0 Å². The van der Waals surface area contributed by atoms with Crippen molar-refractivity contribution in [2.75, 3.05) is 11.5 Å². The normalized spacial score (nSPS) is 17.4. The van der Waals surface area contributed by atoms with E-state index in [9.17, 15) is 0 Å². The minimum atomic E-state index is 0.540. The van der Waals surface area contributed by atoms with Crippen LogP contribution in [-0.2, 0) is 0 Å². The Morgan fingerprint density at radius 3 is 2.93 bits per heavy atom. The van der Waals surface area contributed by atoms with E-state index in [1.807, 2.05) is 4.68 Å². The van der Waals surface area contributed by atoms with Crippen LogP contribution in [0.25, 0.3) is 0 Å². The highest BCUT2D eigenvalue weighted by molar-refractivity contribution is 7.99. The molecule has 0 radical (unpaired) electrons. The van der Waals surface area contributed by atoms with E-state index in [4.69, 9.17) is 0 Å². The molecule has 1 aliphatic rings. The van der Waals surface area contributed by atoms with Crippen molar-refractivity contribution in [2.24, 2.45) is 0 Å². The molecular weight excluding hydrogens is 228 g/mol. The van der Waals surface area contributed by atoms with Gasteiger partial charge < -0.3 is 0 Å². The maximum absolute atomic E-state index is 4.19. The number of thioether (sulfide) groups is 1. The second-order valence-electron chi connectivity index (χ2n) is 3.77. The van der Waals surface area contributed by atoms with Crippen molar-refractivity contribution < 1.29 is 0 Å². The lowest BCUT2D eigenvalue weighted by molar-refractivity contribution is 0.423. The lowest BCUT2D eigenvalue weighted by Crippen LogP contribution is -2.08. The van der Waals surface area contributed by atoms with E-state index in [1.54, 1.807) is 11.8 Å². The number of hydrogen-bond donors (Lipinski definition) is 1. The van der Waals surface area contributed by atoms with Crippen LogP contribution < -0.4 is 0 Å². The minimum Gasteiger partial charge on any atom is -0.217 e. The van der Waals surface area contributed by atoms with Gasteiger partial charge >= 0.3 is 0 Å². The Bertz CT molecular complexity index is 296. The Kier molecular flexibility index (Phi) is 4.31. The number of tetrazole rings is 1. The fourth-order valence-electron chi connectivity index (χ4n) is 1.89. The molecule has 0 spiro atoms. The molecule has 0 aromatic carbocycles. The molecule has 0 saturated heterocycles. The van der Waals surface area contributed by atoms with Crippen LogP contribution in [0.5, 0.6) is 0 Å². The zero-order chi connectivity index (χ0) is 10.5. The molecule has 84 valence electrons. The Morgan fingerprint density at radius 1 is 1.40 bits per heavy atom. The summed E-state index contributed by atoms with van der Waals surface area (Å²) >= 11 is 5.94. The van der Waals surface area contributed by atoms with E-state index < -0.39 is 0 Å². The van der Waals surface area contributed by atoms with Crippen molar-refractivity contribution in [3.8, 4) is 0 Å². The van der Waals surface area contributed by atoms with Crippen molar-refractivity contribution in [2.45, 2.75) is 43.3 Å². The van der Waals surface area contributed by atoms with Gasteiger partial charge in [0.05, 0.1) is 6.04 Å². The Morgan fingerprint density at radius 2 is 2.20 bits per heavy atom. The first-order chi connectivity index (χ1) is 7.42. The largest absolute Gasteiger partial charge is 0.217 e. The summed E-state index contributed by atoms with van der Waals surface area (Å²) < 4.78 is 2.01. The van der Waals surface area contributed by atoms with Gasteiger partial charge in [0, 0.05) is 5.75 Å². The van der Waals surface area contributed by atoms with Crippen LogP contribution in [0.4, 0.5) is 0 Å². The van der Waals surface area contributed by atoms with Crippen LogP contribution in [0.1, 0.15) is 38.1 Å². The molecule has 4 nitrogen and oxygen atoms in total. The highest BCUT2D eigenvalue weighted by Crippen LogP contribution is 2.31. The monoisotopic (exact) mass is 244 g/mol. The number of thiol groups is 1. The van der Waals surface area contributed by atoms with Crippen LogP contribution >= 0.6 is 24.4 Å². The molecule has 1 aromatic heterocycles. The molecule has 1 aliphatic carbocycles. The summed E-state index contributed by atoms with van der Waals surface area (Å²) in [5, 5.41) is 12.9. The number of hydrogen-bond acceptors (Lipinski definition) is 5. The van der Waals surface area contributed by atoms with Crippen LogP contribution in [0, 0.1) is 0 Å². The molecule has 0 unspecified atom stereocenters. The molecule has 0 N–H and O–H groups in total. The third-order valence-corrected chi connectivity index (χ3v) is 4.00. The van der Waals surface area contributed by atoms with Gasteiger partial charge in [0.2, 0.25) is 5.16 Å². The Hall–Kier alpha value is -0.230. The van der Waals surface area contributed by atoms with E-state index in [2.05, 4.69) is 28.2 Å². The first-order valence-electron chi connectivity index (χ1n) is 5.43. The van der Waals surface area contributed by atoms with Crippen molar-refractivity contribution in [3.63, 3.8) is 0 Å². The van der Waals surface area contributed by atoms with Gasteiger partial charge in [-0.05, 0) is 35.4 Å². The minimum absolute atomic E-state index is 0.540. The lowest BCUT2D eigenvalue weighted by atomic mass is 10.3. The van der Waals surface area contributed by atoms with Crippen molar-refractivity contribution in [3.05, 3.63) is 0 Å². The lowest BCUT2D eigenvalue weighted by Gasteiger charge is -2.10. The zero-order valence-electron chi connectivity index (χ0n) is 8.67.